The molecule has 0 aromatic rings. The summed E-state index contributed by atoms with van der Waals surface area (Å²) in [5.41, 5.74) is 0. The van der Waals surface area contributed by atoms with E-state index in [-0.39, 0.29) is 6.61 Å². The molecule has 5 unspecified atom stereocenters. The fraction of sp³-hybridized carbons (Fsp3) is 1.00. The molecule has 1 fully saturated rings. The Kier molecular flexibility index (Phi) is 4.24. The second-order valence-electron chi connectivity index (χ2n) is 3.21. The third-order valence-electron chi connectivity index (χ3n) is 2.12. The van der Waals surface area contributed by atoms with Crippen LogP contribution in [0.3, 0.4) is 0 Å². The van der Waals surface area contributed by atoms with Crippen molar-refractivity contribution in [3.05, 3.63) is 0 Å². The first kappa shape index (κ1) is 11.8. The van der Waals surface area contributed by atoms with Crippen molar-refractivity contribution in [1.82, 2.24) is 0 Å². The van der Waals surface area contributed by atoms with Gasteiger partial charge >= 0.3 is 0 Å². The van der Waals surface area contributed by atoms with Crippen LogP contribution in [-0.2, 0) is 14.2 Å². The van der Waals surface area contributed by atoms with Gasteiger partial charge in [-0.25, -0.2) is 0 Å². The van der Waals surface area contributed by atoms with Gasteiger partial charge in [0.05, 0.1) is 12.7 Å². The van der Waals surface area contributed by atoms with Crippen LogP contribution in [0.5, 0.6) is 0 Å². The van der Waals surface area contributed by atoms with Crippen LogP contribution in [0.15, 0.2) is 0 Å². The molecule has 6 heteroatoms. The topological polar surface area (TPSA) is 88.4 Å². The lowest BCUT2D eigenvalue weighted by atomic mass is 10.0. The van der Waals surface area contributed by atoms with Crippen LogP contribution in [0.25, 0.3) is 0 Å². The Balaban J connectivity index is 2.65. The van der Waals surface area contributed by atoms with E-state index < -0.39 is 30.9 Å². The molecule has 0 aliphatic carbocycles. The maximum Gasteiger partial charge on any atom is 0.272 e. The van der Waals surface area contributed by atoms with Gasteiger partial charge in [-0.1, -0.05) is 0 Å². The lowest BCUT2D eigenvalue weighted by Crippen LogP contribution is -2.55. The molecule has 0 aromatic heterocycles. The fourth-order valence-electron chi connectivity index (χ4n) is 1.34. The molecule has 1 rings (SSSR count). The van der Waals surface area contributed by atoms with Gasteiger partial charge in [0.25, 0.3) is 6.48 Å². The molecule has 0 saturated carbocycles. The van der Waals surface area contributed by atoms with Gasteiger partial charge in [-0.3, -0.25) is 0 Å². The molecule has 0 amide bonds. The largest absolute Gasteiger partial charge is 0.394 e. The zero-order valence-electron chi connectivity index (χ0n) is 8.16. The van der Waals surface area contributed by atoms with Crippen LogP contribution in [-0.4, -0.2) is 59.9 Å². The van der Waals surface area contributed by atoms with Crippen LogP contribution in [0.4, 0.5) is 0 Å². The van der Waals surface area contributed by atoms with Crippen molar-refractivity contribution in [1.29, 1.82) is 0 Å². The second kappa shape index (κ2) is 5.01. The molecule has 0 bridgehead atoms. The summed E-state index contributed by atoms with van der Waals surface area (Å²) in [4.78, 5) is 0. The van der Waals surface area contributed by atoms with Crippen LogP contribution >= 0.6 is 0 Å². The van der Waals surface area contributed by atoms with Gasteiger partial charge < -0.3 is 29.5 Å². The van der Waals surface area contributed by atoms with E-state index in [1.54, 1.807) is 0 Å². The highest BCUT2D eigenvalue weighted by molar-refractivity contribution is 4.83. The summed E-state index contributed by atoms with van der Waals surface area (Å²) in [6.45, 7) is 0.170. The van der Waals surface area contributed by atoms with Crippen LogP contribution in [0, 0.1) is 0 Å². The first-order valence-electron chi connectivity index (χ1n) is 4.40. The Morgan fingerprint density at radius 2 is 2.07 bits per heavy atom. The fourth-order valence-corrected chi connectivity index (χ4v) is 1.34. The molecule has 84 valence electrons. The molecule has 1 saturated heterocycles. The van der Waals surface area contributed by atoms with Crippen molar-refractivity contribution in [2.75, 3.05) is 13.7 Å². The van der Waals surface area contributed by atoms with Crippen molar-refractivity contribution < 1.29 is 29.5 Å². The number of aliphatic hydroxyl groups excluding tert-OH is 3. The first-order valence-corrected chi connectivity index (χ1v) is 4.40. The minimum Gasteiger partial charge on any atom is -0.394 e. The average molecular weight is 208 g/mol. The molecule has 1 heterocycles. The van der Waals surface area contributed by atoms with Gasteiger partial charge in [-0.05, 0) is 6.92 Å². The number of ether oxygens (including phenoxy) is 3. The standard InChI is InChI=1S/C8H16O6/c1-4(10)7-6(11)5(3-9)13-8(12-2)14-7/h4-11H,3H2,1-2H3. The molecule has 6 nitrogen and oxygen atoms in total. The lowest BCUT2D eigenvalue weighted by Gasteiger charge is -2.39. The lowest BCUT2D eigenvalue weighted by molar-refractivity contribution is -0.378. The van der Waals surface area contributed by atoms with Crippen LogP contribution in [0.2, 0.25) is 0 Å². The van der Waals surface area contributed by atoms with Crippen molar-refractivity contribution in [2.45, 2.75) is 37.8 Å². The molecule has 1 aliphatic rings. The van der Waals surface area contributed by atoms with Gasteiger partial charge in [0, 0.05) is 7.11 Å². The molecule has 14 heavy (non-hydrogen) atoms. The Hall–Kier alpha value is -0.240. The van der Waals surface area contributed by atoms with Gasteiger partial charge in [0.2, 0.25) is 0 Å². The van der Waals surface area contributed by atoms with Crippen molar-refractivity contribution >= 4 is 0 Å². The number of aliphatic hydroxyl groups is 3. The first-order chi connectivity index (χ1) is 6.60. The zero-order valence-corrected chi connectivity index (χ0v) is 8.16. The summed E-state index contributed by atoms with van der Waals surface area (Å²) >= 11 is 0. The number of methoxy groups -OCH3 is 1. The third-order valence-corrected chi connectivity index (χ3v) is 2.12. The van der Waals surface area contributed by atoms with Crippen LogP contribution < -0.4 is 0 Å². The van der Waals surface area contributed by atoms with E-state index in [0.29, 0.717) is 0 Å². The van der Waals surface area contributed by atoms with Crippen LogP contribution in [0.1, 0.15) is 6.92 Å². The average Bonchev–Trinajstić information content (AvgIpc) is 2.17. The minimum atomic E-state index is -1.06. The number of rotatable bonds is 3. The Labute approximate surface area is 82.0 Å². The maximum atomic E-state index is 9.59. The van der Waals surface area contributed by atoms with Gasteiger partial charge in [0.1, 0.15) is 18.3 Å². The summed E-state index contributed by atoms with van der Waals surface area (Å²) in [7, 11) is 1.37. The SMILES string of the molecule is COC1OC(CO)C(O)C(C(C)O)O1. The quantitative estimate of drug-likeness (QED) is 0.519. The number of hydrogen-bond acceptors (Lipinski definition) is 6. The van der Waals surface area contributed by atoms with Gasteiger partial charge in [-0.2, -0.15) is 0 Å². The number of hydrogen-bond donors (Lipinski definition) is 3. The van der Waals surface area contributed by atoms with E-state index >= 15 is 0 Å². The molecule has 0 spiro atoms. The highest BCUT2D eigenvalue weighted by atomic mass is 16.9. The minimum absolute atomic E-state index is 0.354. The van der Waals surface area contributed by atoms with Crippen molar-refractivity contribution in [3.8, 4) is 0 Å². The van der Waals surface area contributed by atoms with E-state index in [9.17, 15) is 10.2 Å². The maximum absolute atomic E-state index is 9.59. The summed E-state index contributed by atoms with van der Waals surface area (Å²) in [6.07, 6.45) is -3.54. The second-order valence-corrected chi connectivity index (χ2v) is 3.21. The molecular weight excluding hydrogens is 192 g/mol. The Morgan fingerprint density at radius 1 is 1.43 bits per heavy atom. The smallest absolute Gasteiger partial charge is 0.272 e. The molecule has 1 aliphatic heterocycles. The van der Waals surface area contributed by atoms with E-state index in [2.05, 4.69) is 0 Å². The molecular formula is C8H16O6. The van der Waals surface area contributed by atoms with Crippen molar-refractivity contribution in [2.24, 2.45) is 0 Å². The van der Waals surface area contributed by atoms with E-state index in [0.717, 1.165) is 0 Å². The normalized spacial score (nSPS) is 40.9. The van der Waals surface area contributed by atoms with Gasteiger partial charge in [-0.15, -0.1) is 0 Å². The third kappa shape index (κ3) is 2.41. The van der Waals surface area contributed by atoms with E-state index in [1.165, 1.54) is 14.0 Å². The zero-order chi connectivity index (χ0) is 10.7. The highest BCUT2D eigenvalue weighted by Crippen LogP contribution is 2.21. The van der Waals surface area contributed by atoms with Gasteiger partial charge in [0.15, 0.2) is 0 Å². The monoisotopic (exact) mass is 208 g/mol. The molecule has 0 aromatic carbocycles. The predicted octanol–water partition coefficient (Wildman–Crippen LogP) is -1.57. The Bertz CT molecular complexity index is 173. The molecule has 5 atom stereocenters. The van der Waals surface area contributed by atoms with E-state index in [4.69, 9.17) is 19.3 Å². The van der Waals surface area contributed by atoms with Crippen molar-refractivity contribution in [3.63, 3.8) is 0 Å². The summed E-state index contributed by atoms with van der Waals surface area (Å²) in [5.74, 6) is 0. The Morgan fingerprint density at radius 3 is 2.50 bits per heavy atom. The highest BCUT2D eigenvalue weighted by Gasteiger charge is 2.40. The summed E-state index contributed by atoms with van der Waals surface area (Å²) in [5, 5.41) is 27.8. The van der Waals surface area contributed by atoms with E-state index in [1.807, 2.05) is 0 Å². The summed E-state index contributed by atoms with van der Waals surface area (Å²) < 4.78 is 14.9. The molecule has 0 radical (unpaired) electrons. The predicted molar refractivity (Wildman–Crippen MR) is 45.3 cm³/mol. The molecule has 3 N–H and O–H groups in total. The summed E-state index contributed by atoms with van der Waals surface area (Å²) in [6, 6.07) is 0.